The molecule has 1 amide bonds. The molecule has 1 saturated heterocycles. The Morgan fingerprint density at radius 3 is 2.96 bits per heavy atom. The fourth-order valence-electron chi connectivity index (χ4n) is 2.74. The first-order valence-electron chi connectivity index (χ1n) is 8.32. The minimum Gasteiger partial charge on any atom is -0.370 e. The zero-order chi connectivity index (χ0) is 16.8. The van der Waals surface area contributed by atoms with Gasteiger partial charge in [0.2, 0.25) is 5.82 Å². The molecule has 24 heavy (non-hydrogen) atoms. The monoisotopic (exact) mass is 331 g/mol. The highest BCUT2D eigenvalue weighted by Gasteiger charge is 2.17. The number of hydrogen-bond donors (Lipinski definition) is 2. The third kappa shape index (κ3) is 4.39. The number of amides is 1. The molecule has 1 aromatic carbocycles. The predicted molar refractivity (Wildman–Crippen MR) is 87.8 cm³/mol. The van der Waals surface area contributed by atoms with Crippen molar-refractivity contribution in [3.63, 3.8) is 0 Å². The van der Waals surface area contributed by atoms with Crippen LogP contribution in [0.15, 0.2) is 28.8 Å². The van der Waals surface area contributed by atoms with Crippen LogP contribution in [0.5, 0.6) is 0 Å². The van der Waals surface area contributed by atoms with E-state index in [1.807, 2.05) is 31.2 Å². The molecule has 2 heterocycles. The normalized spacial score (nSPS) is 15.4. The van der Waals surface area contributed by atoms with E-state index in [4.69, 9.17) is 9.26 Å². The van der Waals surface area contributed by atoms with Gasteiger partial charge in [-0.05, 0) is 13.0 Å². The summed E-state index contributed by atoms with van der Waals surface area (Å²) in [7, 11) is 0. The predicted octanol–water partition coefficient (Wildman–Crippen LogP) is 0.0800. The second kappa shape index (κ2) is 8.03. The van der Waals surface area contributed by atoms with Gasteiger partial charge in [-0.25, -0.2) is 0 Å². The lowest BCUT2D eigenvalue weighted by Crippen LogP contribution is -3.14. The number of benzene rings is 1. The quantitative estimate of drug-likeness (QED) is 0.733. The maximum atomic E-state index is 12.1. The maximum absolute atomic E-state index is 12.1. The van der Waals surface area contributed by atoms with Crippen molar-refractivity contribution in [1.29, 1.82) is 0 Å². The summed E-state index contributed by atoms with van der Waals surface area (Å²) in [5.41, 5.74) is 1.95. The molecule has 0 aliphatic carbocycles. The summed E-state index contributed by atoms with van der Waals surface area (Å²) in [5, 5.41) is 6.72. The SMILES string of the molecule is Cc1cccc(-c2noc(C(=O)NCCC[NH+]3CCOCC3)n2)c1. The zero-order valence-corrected chi connectivity index (χ0v) is 13.9. The number of nitrogens with zero attached hydrogens (tertiary/aromatic N) is 2. The van der Waals surface area contributed by atoms with Crippen LogP contribution in [-0.2, 0) is 4.74 Å². The Morgan fingerprint density at radius 2 is 2.17 bits per heavy atom. The molecule has 1 aliphatic rings. The summed E-state index contributed by atoms with van der Waals surface area (Å²) < 4.78 is 10.4. The zero-order valence-electron chi connectivity index (χ0n) is 13.9. The van der Waals surface area contributed by atoms with Gasteiger partial charge in [0, 0.05) is 18.5 Å². The number of hydrogen-bond acceptors (Lipinski definition) is 5. The van der Waals surface area contributed by atoms with Crippen LogP contribution in [0.1, 0.15) is 22.7 Å². The Morgan fingerprint density at radius 1 is 1.33 bits per heavy atom. The molecule has 0 radical (unpaired) electrons. The molecule has 1 aliphatic heterocycles. The topological polar surface area (TPSA) is 81.7 Å². The van der Waals surface area contributed by atoms with Crippen molar-refractivity contribution in [2.24, 2.45) is 0 Å². The van der Waals surface area contributed by atoms with Gasteiger partial charge < -0.3 is 19.5 Å². The highest BCUT2D eigenvalue weighted by molar-refractivity contribution is 5.89. The van der Waals surface area contributed by atoms with Crippen molar-refractivity contribution >= 4 is 5.91 Å². The van der Waals surface area contributed by atoms with Gasteiger partial charge in [0.1, 0.15) is 13.1 Å². The number of aryl methyl sites for hydroxylation is 1. The van der Waals surface area contributed by atoms with E-state index >= 15 is 0 Å². The molecule has 1 aromatic heterocycles. The Hall–Kier alpha value is -2.25. The van der Waals surface area contributed by atoms with E-state index in [0.29, 0.717) is 12.4 Å². The van der Waals surface area contributed by atoms with Crippen LogP contribution in [0.3, 0.4) is 0 Å². The fourth-order valence-corrected chi connectivity index (χ4v) is 2.74. The number of carbonyl (C=O) groups excluding carboxylic acids is 1. The second-order valence-electron chi connectivity index (χ2n) is 6.01. The Labute approximate surface area is 141 Å². The fraction of sp³-hybridized carbons (Fsp3) is 0.471. The molecule has 2 N–H and O–H groups in total. The highest BCUT2D eigenvalue weighted by Crippen LogP contribution is 2.16. The van der Waals surface area contributed by atoms with Crippen LogP contribution in [0.2, 0.25) is 0 Å². The van der Waals surface area contributed by atoms with Crippen molar-refractivity contribution < 1.29 is 19.0 Å². The van der Waals surface area contributed by atoms with E-state index in [9.17, 15) is 4.79 Å². The minimum atomic E-state index is -0.321. The van der Waals surface area contributed by atoms with E-state index < -0.39 is 0 Å². The van der Waals surface area contributed by atoms with Gasteiger partial charge in [-0.2, -0.15) is 4.98 Å². The molecule has 7 heteroatoms. The molecule has 0 unspecified atom stereocenters. The molecular weight excluding hydrogens is 308 g/mol. The third-order valence-corrected chi connectivity index (χ3v) is 4.09. The van der Waals surface area contributed by atoms with E-state index in [2.05, 4.69) is 15.5 Å². The molecule has 128 valence electrons. The molecular formula is C17H23N4O3+. The van der Waals surface area contributed by atoms with Gasteiger partial charge in [-0.3, -0.25) is 4.79 Å². The number of rotatable bonds is 6. The number of morpholine rings is 1. The molecule has 3 rings (SSSR count). The smallest absolute Gasteiger partial charge is 0.316 e. The summed E-state index contributed by atoms with van der Waals surface area (Å²) in [4.78, 5) is 17.8. The largest absolute Gasteiger partial charge is 0.370 e. The first kappa shape index (κ1) is 16.6. The highest BCUT2D eigenvalue weighted by atomic mass is 16.5. The van der Waals surface area contributed by atoms with E-state index in [1.54, 1.807) is 0 Å². The van der Waals surface area contributed by atoms with Crippen molar-refractivity contribution in [3.8, 4) is 11.4 Å². The van der Waals surface area contributed by atoms with Crippen molar-refractivity contribution in [2.45, 2.75) is 13.3 Å². The minimum absolute atomic E-state index is 0.00484. The Kier molecular flexibility index (Phi) is 5.55. The molecule has 0 spiro atoms. The van der Waals surface area contributed by atoms with Crippen molar-refractivity contribution in [2.75, 3.05) is 39.4 Å². The van der Waals surface area contributed by atoms with Gasteiger partial charge in [0.25, 0.3) is 0 Å². The number of aromatic nitrogens is 2. The summed E-state index contributed by atoms with van der Waals surface area (Å²) in [6.07, 6.45) is 0.917. The first-order valence-corrected chi connectivity index (χ1v) is 8.32. The lowest BCUT2D eigenvalue weighted by molar-refractivity contribution is -0.908. The molecule has 0 saturated carbocycles. The van der Waals surface area contributed by atoms with E-state index in [1.165, 1.54) is 4.90 Å². The summed E-state index contributed by atoms with van der Waals surface area (Å²) in [6, 6.07) is 7.77. The maximum Gasteiger partial charge on any atom is 0.316 e. The van der Waals surface area contributed by atoms with Crippen molar-refractivity contribution in [3.05, 3.63) is 35.7 Å². The summed E-state index contributed by atoms with van der Waals surface area (Å²) in [6.45, 7) is 7.35. The number of carbonyl (C=O) groups is 1. The first-order chi connectivity index (χ1) is 11.7. The lowest BCUT2D eigenvalue weighted by atomic mass is 10.1. The average Bonchev–Trinajstić information content (AvgIpc) is 3.10. The number of ether oxygens (including phenoxy) is 1. The van der Waals surface area contributed by atoms with Crippen molar-refractivity contribution in [1.82, 2.24) is 15.5 Å². The van der Waals surface area contributed by atoms with Gasteiger partial charge >= 0.3 is 11.8 Å². The molecule has 7 nitrogen and oxygen atoms in total. The Balaban J connectivity index is 1.47. The van der Waals surface area contributed by atoms with Crippen LogP contribution in [0.4, 0.5) is 0 Å². The van der Waals surface area contributed by atoms with Crippen LogP contribution in [0.25, 0.3) is 11.4 Å². The second-order valence-corrected chi connectivity index (χ2v) is 6.01. The average molecular weight is 331 g/mol. The van der Waals surface area contributed by atoms with E-state index in [-0.39, 0.29) is 11.8 Å². The number of nitrogens with one attached hydrogen (secondary N) is 2. The molecule has 2 aromatic rings. The van der Waals surface area contributed by atoms with Crippen LogP contribution >= 0.6 is 0 Å². The molecule has 1 fully saturated rings. The third-order valence-electron chi connectivity index (χ3n) is 4.09. The molecule has 0 atom stereocenters. The molecule has 0 bridgehead atoms. The lowest BCUT2D eigenvalue weighted by Gasteiger charge is -2.23. The van der Waals surface area contributed by atoms with Gasteiger partial charge in [0.05, 0.1) is 19.8 Å². The van der Waals surface area contributed by atoms with Gasteiger partial charge in [0.15, 0.2) is 0 Å². The van der Waals surface area contributed by atoms with Crippen LogP contribution in [-0.4, -0.2) is 55.4 Å². The summed E-state index contributed by atoms with van der Waals surface area (Å²) in [5.74, 6) is 0.116. The van der Waals surface area contributed by atoms with Gasteiger partial charge in [-0.15, -0.1) is 0 Å². The van der Waals surface area contributed by atoms with Crippen LogP contribution < -0.4 is 10.2 Å². The number of quaternary nitrogens is 1. The Bertz CT molecular complexity index is 680. The standard InChI is InChI=1S/C17H22N4O3/c1-13-4-2-5-14(12-13)15-19-17(24-20-15)16(22)18-6-3-7-21-8-10-23-11-9-21/h2,4-5,12H,3,6-11H2,1H3,(H,18,22)/p+1. The van der Waals surface area contributed by atoms with Crippen LogP contribution in [0, 0.1) is 6.92 Å². The van der Waals surface area contributed by atoms with Gasteiger partial charge in [-0.1, -0.05) is 28.9 Å². The van der Waals surface area contributed by atoms with E-state index in [0.717, 1.165) is 50.4 Å². The summed E-state index contributed by atoms with van der Waals surface area (Å²) >= 11 is 0.